The van der Waals surface area contributed by atoms with Crippen LogP contribution in [0.3, 0.4) is 0 Å². The highest BCUT2D eigenvalue weighted by atomic mass is 16.5. The number of nitrogens with one attached hydrogen (secondary N) is 1. The molecule has 2 N–H and O–H groups in total. The van der Waals surface area contributed by atoms with Gasteiger partial charge in [-0.25, -0.2) is 4.79 Å². The Morgan fingerprint density at radius 2 is 2.21 bits per heavy atom. The van der Waals surface area contributed by atoms with Gasteiger partial charge in [0.25, 0.3) is 0 Å². The first kappa shape index (κ1) is 19.3. The first-order valence-electron chi connectivity index (χ1n) is 7.68. The first-order valence-corrected chi connectivity index (χ1v) is 7.68. The third-order valence-electron chi connectivity index (χ3n) is 3.23. The molecule has 24 heavy (non-hydrogen) atoms. The van der Waals surface area contributed by atoms with Gasteiger partial charge >= 0.3 is 5.97 Å². The standard InChI is InChI=1S/C18H22N2O4/c1-4-6-8-14(19)9-13-10-15(21)11-16(20-23)17(13)18(22)24-12(3)7-5-2/h5-6,8,10-12,19,21H,2,4,7,9H2,1,3H3/b8-6+,19-14?. The molecule has 0 aliphatic heterocycles. The van der Waals surface area contributed by atoms with Crippen molar-refractivity contribution in [2.45, 2.75) is 39.2 Å². The molecule has 0 aromatic heterocycles. The normalized spacial score (nSPS) is 11.9. The van der Waals surface area contributed by atoms with Gasteiger partial charge in [-0.2, -0.15) is 0 Å². The van der Waals surface area contributed by atoms with Crippen LogP contribution in [0.15, 0.2) is 42.1 Å². The van der Waals surface area contributed by atoms with E-state index in [1.807, 2.05) is 13.0 Å². The van der Waals surface area contributed by atoms with Gasteiger partial charge in [-0.05, 0) is 36.2 Å². The Bertz CT molecular complexity index is 665. The molecule has 0 aliphatic rings. The number of ether oxygens (including phenoxy) is 1. The number of hydrogen-bond donors (Lipinski definition) is 2. The van der Waals surface area contributed by atoms with Gasteiger partial charge in [-0.3, -0.25) is 0 Å². The fourth-order valence-electron chi connectivity index (χ4n) is 2.16. The maximum Gasteiger partial charge on any atom is 0.341 e. The molecular formula is C18H22N2O4. The highest BCUT2D eigenvalue weighted by Crippen LogP contribution is 2.30. The van der Waals surface area contributed by atoms with Crippen LogP contribution in [0.2, 0.25) is 0 Å². The molecule has 0 bridgehead atoms. The molecule has 1 aromatic carbocycles. The van der Waals surface area contributed by atoms with Crippen molar-refractivity contribution < 1.29 is 14.6 Å². The summed E-state index contributed by atoms with van der Waals surface area (Å²) in [6.45, 7) is 7.23. The maximum absolute atomic E-state index is 12.4. The minimum absolute atomic E-state index is 0.0200. The molecule has 6 nitrogen and oxygen atoms in total. The summed E-state index contributed by atoms with van der Waals surface area (Å²) in [5.41, 5.74) is 0.347. The lowest BCUT2D eigenvalue weighted by atomic mass is 9.99. The summed E-state index contributed by atoms with van der Waals surface area (Å²) in [6, 6.07) is 2.45. The van der Waals surface area contributed by atoms with E-state index < -0.39 is 12.1 Å². The summed E-state index contributed by atoms with van der Waals surface area (Å²) in [5, 5.41) is 20.5. The van der Waals surface area contributed by atoms with E-state index in [0.29, 0.717) is 12.0 Å². The van der Waals surface area contributed by atoms with E-state index in [1.165, 1.54) is 6.07 Å². The van der Waals surface area contributed by atoms with Crippen molar-refractivity contribution in [1.82, 2.24) is 0 Å². The minimum atomic E-state index is -0.707. The largest absolute Gasteiger partial charge is 0.508 e. The van der Waals surface area contributed by atoms with Crippen LogP contribution in [-0.2, 0) is 11.2 Å². The number of benzene rings is 1. The van der Waals surface area contributed by atoms with Crippen molar-refractivity contribution in [1.29, 1.82) is 5.41 Å². The number of nitrogens with zero attached hydrogens (tertiary/aromatic N) is 1. The van der Waals surface area contributed by atoms with E-state index in [4.69, 9.17) is 10.1 Å². The van der Waals surface area contributed by atoms with Crippen LogP contribution < -0.4 is 0 Å². The third kappa shape index (κ3) is 5.46. The zero-order valence-corrected chi connectivity index (χ0v) is 13.9. The Labute approximate surface area is 141 Å². The fraction of sp³-hybridized carbons (Fsp3) is 0.333. The zero-order chi connectivity index (χ0) is 18.1. The third-order valence-corrected chi connectivity index (χ3v) is 3.23. The second kappa shape index (κ2) is 9.39. The van der Waals surface area contributed by atoms with Crippen molar-refractivity contribution in [3.8, 4) is 5.75 Å². The van der Waals surface area contributed by atoms with E-state index in [9.17, 15) is 14.8 Å². The predicted octanol–water partition coefficient (Wildman–Crippen LogP) is 4.44. The van der Waals surface area contributed by atoms with E-state index in [2.05, 4.69) is 11.8 Å². The number of phenols is 1. The van der Waals surface area contributed by atoms with Crippen LogP contribution >= 0.6 is 0 Å². The number of allylic oxidation sites excluding steroid dienone is 2. The number of rotatable bonds is 9. The van der Waals surface area contributed by atoms with Crippen LogP contribution in [0.1, 0.15) is 42.6 Å². The minimum Gasteiger partial charge on any atom is -0.508 e. The molecule has 0 amide bonds. The molecule has 0 radical (unpaired) electrons. The average molecular weight is 330 g/mol. The summed E-state index contributed by atoms with van der Waals surface area (Å²) in [7, 11) is 0. The summed E-state index contributed by atoms with van der Waals surface area (Å²) in [5.74, 6) is -0.899. The lowest BCUT2D eigenvalue weighted by Gasteiger charge is -2.15. The van der Waals surface area contributed by atoms with Gasteiger partial charge in [0.2, 0.25) is 0 Å². The molecule has 1 unspecified atom stereocenters. The Morgan fingerprint density at radius 1 is 1.50 bits per heavy atom. The molecule has 0 heterocycles. The lowest BCUT2D eigenvalue weighted by molar-refractivity contribution is 0.0348. The van der Waals surface area contributed by atoms with Gasteiger partial charge in [0.15, 0.2) is 0 Å². The van der Waals surface area contributed by atoms with Crippen molar-refractivity contribution in [2.75, 3.05) is 0 Å². The Balaban J connectivity index is 3.21. The van der Waals surface area contributed by atoms with Crippen molar-refractivity contribution in [3.63, 3.8) is 0 Å². The molecule has 0 spiro atoms. The zero-order valence-electron chi connectivity index (χ0n) is 13.9. The van der Waals surface area contributed by atoms with Crippen LogP contribution in [0.25, 0.3) is 0 Å². The van der Waals surface area contributed by atoms with Crippen LogP contribution in [0, 0.1) is 10.3 Å². The number of phenolic OH excluding ortho intramolecular Hbond substituents is 1. The van der Waals surface area contributed by atoms with E-state index in [0.717, 1.165) is 12.5 Å². The van der Waals surface area contributed by atoms with Gasteiger partial charge in [0.1, 0.15) is 17.5 Å². The molecule has 0 aliphatic carbocycles. The van der Waals surface area contributed by atoms with Gasteiger partial charge in [-0.15, -0.1) is 11.5 Å². The van der Waals surface area contributed by atoms with Crippen LogP contribution in [0.5, 0.6) is 5.75 Å². The molecule has 1 atom stereocenters. The molecule has 128 valence electrons. The van der Waals surface area contributed by atoms with E-state index >= 15 is 0 Å². The van der Waals surface area contributed by atoms with Gasteiger partial charge in [-0.1, -0.05) is 19.1 Å². The van der Waals surface area contributed by atoms with Gasteiger partial charge < -0.3 is 15.3 Å². The second-order valence-corrected chi connectivity index (χ2v) is 5.34. The highest BCUT2D eigenvalue weighted by Gasteiger charge is 2.22. The average Bonchev–Trinajstić information content (AvgIpc) is 2.52. The topological polar surface area (TPSA) is 99.8 Å². The van der Waals surface area contributed by atoms with E-state index in [-0.39, 0.29) is 29.1 Å². The monoisotopic (exact) mass is 330 g/mol. The highest BCUT2D eigenvalue weighted by molar-refractivity contribution is 6.01. The van der Waals surface area contributed by atoms with Gasteiger partial charge in [0.05, 0.1) is 5.56 Å². The molecular weight excluding hydrogens is 308 g/mol. The number of carbonyl (C=O) groups is 1. The van der Waals surface area contributed by atoms with Crippen LogP contribution in [-0.4, -0.2) is 22.9 Å². The smallest absolute Gasteiger partial charge is 0.341 e. The number of aromatic hydroxyl groups is 1. The molecule has 1 aromatic rings. The predicted molar refractivity (Wildman–Crippen MR) is 94.1 cm³/mol. The fourth-order valence-corrected chi connectivity index (χ4v) is 2.16. The van der Waals surface area contributed by atoms with Gasteiger partial charge in [0, 0.05) is 24.6 Å². The SMILES string of the molecule is C=CCC(C)OC(=O)c1c(CC(=N)/C=C/CC)cc(O)cc1N=O. The lowest BCUT2D eigenvalue weighted by Crippen LogP contribution is -2.17. The number of esters is 1. The number of nitroso groups, excluding NO2 is 1. The van der Waals surface area contributed by atoms with Crippen molar-refractivity contribution in [2.24, 2.45) is 5.18 Å². The molecule has 0 saturated carbocycles. The molecule has 0 saturated heterocycles. The Hall–Kier alpha value is -2.76. The van der Waals surface area contributed by atoms with E-state index in [1.54, 1.807) is 19.1 Å². The Morgan fingerprint density at radius 3 is 2.79 bits per heavy atom. The second-order valence-electron chi connectivity index (χ2n) is 5.34. The first-order chi connectivity index (χ1) is 11.4. The van der Waals surface area contributed by atoms with Crippen LogP contribution in [0.4, 0.5) is 5.69 Å². The maximum atomic E-state index is 12.4. The number of carbonyl (C=O) groups excluding carboxylic acids is 1. The quantitative estimate of drug-likeness (QED) is 0.302. The summed E-state index contributed by atoms with van der Waals surface area (Å²) in [6.07, 6.45) is 5.97. The van der Waals surface area contributed by atoms with Crippen molar-refractivity contribution in [3.05, 3.63) is 53.0 Å². The summed E-state index contributed by atoms with van der Waals surface area (Å²) in [4.78, 5) is 23.5. The summed E-state index contributed by atoms with van der Waals surface area (Å²) < 4.78 is 5.28. The molecule has 0 fully saturated rings. The molecule has 1 rings (SSSR count). The van der Waals surface area contributed by atoms with Crippen molar-refractivity contribution >= 4 is 17.4 Å². The summed E-state index contributed by atoms with van der Waals surface area (Å²) >= 11 is 0. The molecule has 6 heteroatoms. The number of hydrogen-bond acceptors (Lipinski definition) is 6. The Kier molecular flexibility index (Phi) is 7.55.